The van der Waals surface area contributed by atoms with Crippen molar-refractivity contribution in [1.82, 2.24) is 4.40 Å². The van der Waals surface area contributed by atoms with Gasteiger partial charge in [-0.05, 0) is 146 Å². The largest absolute Gasteiger partial charge is 0.311 e. The van der Waals surface area contributed by atoms with E-state index in [4.69, 9.17) is 0 Å². The van der Waals surface area contributed by atoms with E-state index >= 15 is 0 Å². The summed E-state index contributed by atoms with van der Waals surface area (Å²) in [6.45, 7) is 20.8. The Labute approximate surface area is 397 Å². The fraction of sp³-hybridized carbons (Fsp3) is 0.194. The first kappa shape index (κ1) is 42.4. The average Bonchev–Trinajstić information content (AvgIpc) is 3.71. The summed E-state index contributed by atoms with van der Waals surface area (Å²) in [5.74, 6) is 1.19. The van der Waals surface area contributed by atoms with Gasteiger partial charge in [-0.15, -0.1) is 0 Å². The highest BCUT2D eigenvalue weighted by Gasteiger charge is 2.45. The molecule has 0 unspecified atom stereocenters. The summed E-state index contributed by atoms with van der Waals surface area (Å²) in [5.41, 5.74) is 20.5. The van der Waals surface area contributed by atoms with E-state index in [-0.39, 0.29) is 23.0 Å². The molecule has 4 nitrogen and oxygen atoms in total. The average molecular weight is 871 g/mol. The molecule has 0 amide bonds. The van der Waals surface area contributed by atoms with Gasteiger partial charge in [-0.3, -0.25) is 4.90 Å². The first-order valence-electron chi connectivity index (χ1n) is 23.9. The molecule has 2 aliphatic heterocycles. The molecule has 4 heterocycles. The topological polar surface area (TPSA) is 14.1 Å². The van der Waals surface area contributed by atoms with Crippen LogP contribution in [-0.2, 0) is 16.2 Å². The van der Waals surface area contributed by atoms with Crippen LogP contribution >= 0.6 is 0 Å². The summed E-state index contributed by atoms with van der Waals surface area (Å²) < 4.78 is 2.39. The first-order valence-corrected chi connectivity index (χ1v) is 23.9. The number of para-hydroxylation sites is 2. The summed E-state index contributed by atoms with van der Waals surface area (Å²) in [7, 11) is 0. The molecule has 7 aromatic carbocycles. The van der Waals surface area contributed by atoms with E-state index in [9.17, 15) is 0 Å². The first-order chi connectivity index (χ1) is 32.1. The van der Waals surface area contributed by atoms with Gasteiger partial charge in [-0.25, -0.2) is 0 Å². The maximum absolute atomic E-state index is 2.55. The number of anilines is 9. The van der Waals surface area contributed by atoms with Gasteiger partial charge in [0.05, 0.1) is 5.69 Å². The Morgan fingerprint density at radius 1 is 0.418 bits per heavy atom. The molecule has 9 aromatic rings. The van der Waals surface area contributed by atoms with Gasteiger partial charge >= 0.3 is 0 Å². The number of nitrogens with zero attached hydrogens (tertiary/aromatic N) is 4. The van der Waals surface area contributed by atoms with Crippen LogP contribution in [0, 0.1) is 0 Å². The van der Waals surface area contributed by atoms with Crippen LogP contribution in [0.1, 0.15) is 79.0 Å². The molecule has 2 aromatic heterocycles. The van der Waals surface area contributed by atoms with E-state index < -0.39 is 0 Å². The van der Waals surface area contributed by atoms with Crippen molar-refractivity contribution in [3.05, 3.63) is 211 Å². The van der Waals surface area contributed by atoms with Gasteiger partial charge < -0.3 is 14.2 Å². The highest BCUT2D eigenvalue weighted by atomic mass is 15.2. The molecule has 67 heavy (non-hydrogen) atoms. The molecule has 0 spiro atoms. The molecule has 0 radical (unpaired) electrons. The number of fused-ring (bicyclic) bond motifs is 6. The monoisotopic (exact) mass is 870 g/mol. The zero-order chi connectivity index (χ0) is 46.4. The Morgan fingerprint density at radius 3 is 1.60 bits per heavy atom. The summed E-state index contributed by atoms with van der Waals surface area (Å²) in [4.78, 5) is 7.56. The molecule has 0 saturated heterocycles. The number of benzene rings is 7. The Hall–Kier alpha value is -7.24. The third kappa shape index (κ3) is 7.24. The number of rotatable bonds is 6. The van der Waals surface area contributed by atoms with E-state index in [0.717, 1.165) is 28.4 Å². The van der Waals surface area contributed by atoms with Crippen LogP contribution in [0.2, 0.25) is 0 Å². The Balaban J connectivity index is 1.22. The number of pyridine rings is 1. The van der Waals surface area contributed by atoms with Crippen molar-refractivity contribution in [2.24, 2.45) is 0 Å². The van der Waals surface area contributed by atoms with Gasteiger partial charge in [0, 0.05) is 57.1 Å². The minimum absolute atomic E-state index is 0.0197. The maximum atomic E-state index is 2.55. The molecule has 0 atom stereocenters. The lowest BCUT2D eigenvalue weighted by atomic mass is 9.34. The van der Waals surface area contributed by atoms with Crippen LogP contribution < -0.4 is 31.1 Å². The minimum atomic E-state index is -0.127. The van der Waals surface area contributed by atoms with Crippen molar-refractivity contribution in [3.63, 3.8) is 0 Å². The molecule has 0 aliphatic carbocycles. The smallest absolute Gasteiger partial charge is 0.254 e. The normalized spacial score (nSPS) is 13.4. The van der Waals surface area contributed by atoms with Gasteiger partial charge in [0.2, 0.25) is 0 Å². The quantitative estimate of drug-likeness (QED) is 0.155. The van der Waals surface area contributed by atoms with E-state index in [0.29, 0.717) is 0 Å². The van der Waals surface area contributed by atoms with Crippen molar-refractivity contribution in [2.75, 3.05) is 14.7 Å². The van der Waals surface area contributed by atoms with E-state index in [2.05, 4.69) is 276 Å². The van der Waals surface area contributed by atoms with Crippen LogP contribution in [-0.4, -0.2) is 11.1 Å². The van der Waals surface area contributed by atoms with Gasteiger partial charge in [-0.2, -0.15) is 0 Å². The fourth-order valence-corrected chi connectivity index (χ4v) is 10.4. The molecule has 0 fully saturated rings. The summed E-state index contributed by atoms with van der Waals surface area (Å²) in [6.07, 6.45) is 2.23. The van der Waals surface area contributed by atoms with Gasteiger partial charge in [0.15, 0.2) is 0 Å². The highest BCUT2D eigenvalue weighted by Crippen LogP contribution is 2.49. The Kier molecular flexibility index (Phi) is 9.94. The summed E-state index contributed by atoms with van der Waals surface area (Å²) >= 11 is 0. The van der Waals surface area contributed by atoms with Crippen molar-refractivity contribution < 1.29 is 0 Å². The van der Waals surface area contributed by atoms with Crippen molar-refractivity contribution in [3.8, 4) is 11.1 Å². The van der Waals surface area contributed by atoms with Gasteiger partial charge in [-0.1, -0.05) is 159 Å². The number of aromatic nitrogens is 1. The third-order valence-corrected chi connectivity index (χ3v) is 14.0. The number of hydrogen-bond acceptors (Lipinski definition) is 3. The third-order valence-electron chi connectivity index (χ3n) is 14.0. The second-order valence-electron chi connectivity index (χ2n) is 21.6. The van der Waals surface area contributed by atoms with Crippen LogP contribution in [0.15, 0.2) is 194 Å². The molecular formula is C62H59BN4. The summed E-state index contributed by atoms with van der Waals surface area (Å²) in [5, 5.41) is 0. The second-order valence-corrected chi connectivity index (χ2v) is 21.6. The highest BCUT2D eigenvalue weighted by molar-refractivity contribution is 7.00. The fourth-order valence-electron chi connectivity index (χ4n) is 10.4. The van der Waals surface area contributed by atoms with E-state index in [1.165, 1.54) is 72.6 Å². The summed E-state index contributed by atoms with van der Waals surface area (Å²) in [6, 6.07) is 70.4. The Morgan fingerprint density at radius 2 is 0.970 bits per heavy atom. The second kappa shape index (κ2) is 15.7. The lowest BCUT2D eigenvalue weighted by Crippen LogP contribution is -2.61. The molecule has 5 heteroatoms. The maximum Gasteiger partial charge on any atom is 0.254 e. The molecular weight excluding hydrogens is 812 g/mol. The number of hydrogen-bond donors (Lipinski definition) is 0. The standard InChI is InChI=1S/C62H59BN4/c1-60(2,3)43-28-31-48(32-29-43)65(54-35-30-44(61(4,5)6)37-51(54)42-21-13-10-14-22-42)50-33-34-52-55(41-50)66(46-23-15-11-16-24-46)56-38-45(62(7,8)9)39-57-58(56)63(52)53-40-49-27-19-20-36-64(49)59(53)67(57)47-25-17-12-18-26-47/h10-41H,1-9H3. The minimum Gasteiger partial charge on any atom is -0.311 e. The van der Waals surface area contributed by atoms with E-state index in [1.54, 1.807) is 0 Å². The molecule has 0 N–H and O–H groups in total. The van der Waals surface area contributed by atoms with E-state index in [1.807, 2.05) is 0 Å². The SMILES string of the molecule is CC(C)(C)c1ccc(N(c2ccc3c(c2)N(c2ccccc2)c2cc(C(C)(C)C)cc4c2B3c2cc3ccccn3c2N4c2ccccc2)c2ccc(C(C)(C)C)cc2-c2ccccc2)cc1. The van der Waals surface area contributed by atoms with Crippen molar-refractivity contribution in [2.45, 2.75) is 78.6 Å². The molecule has 11 rings (SSSR count). The van der Waals surface area contributed by atoms with Crippen LogP contribution in [0.5, 0.6) is 0 Å². The molecule has 0 bridgehead atoms. The Bertz CT molecular complexity index is 3300. The van der Waals surface area contributed by atoms with Gasteiger partial charge in [0.25, 0.3) is 6.71 Å². The van der Waals surface area contributed by atoms with Crippen LogP contribution in [0.3, 0.4) is 0 Å². The van der Waals surface area contributed by atoms with Crippen molar-refractivity contribution in [1.29, 1.82) is 0 Å². The predicted octanol–water partition coefficient (Wildman–Crippen LogP) is 15.1. The van der Waals surface area contributed by atoms with Gasteiger partial charge in [0.1, 0.15) is 5.82 Å². The van der Waals surface area contributed by atoms with Crippen LogP contribution in [0.4, 0.5) is 51.3 Å². The van der Waals surface area contributed by atoms with Crippen LogP contribution in [0.25, 0.3) is 16.6 Å². The lowest BCUT2D eigenvalue weighted by molar-refractivity contribution is 0.590. The lowest BCUT2D eigenvalue weighted by Gasteiger charge is -2.44. The zero-order valence-electron chi connectivity index (χ0n) is 40.3. The molecule has 0 saturated carbocycles. The molecule has 2 aliphatic rings. The predicted molar refractivity (Wildman–Crippen MR) is 288 cm³/mol. The molecule has 330 valence electrons. The zero-order valence-corrected chi connectivity index (χ0v) is 40.3. The van der Waals surface area contributed by atoms with Crippen molar-refractivity contribution >= 4 is 79.9 Å².